The Hall–Kier alpha value is 0.100. The highest BCUT2D eigenvalue weighted by Gasteiger charge is 2.21. The third-order valence-electron chi connectivity index (χ3n) is 2.72. The van der Waals surface area contributed by atoms with E-state index in [1.54, 1.807) is 11.3 Å². The maximum Gasteiger partial charge on any atom is 0.0327 e. The highest BCUT2D eigenvalue weighted by Crippen LogP contribution is 2.23. The molecule has 78 valence electrons. The first-order valence-electron chi connectivity index (χ1n) is 4.96. The molecule has 0 aliphatic heterocycles. The van der Waals surface area contributed by atoms with E-state index in [9.17, 15) is 0 Å². The third-order valence-corrected chi connectivity index (χ3v) is 4.64. The van der Waals surface area contributed by atoms with Crippen molar-refractivity contribution in [2.75, 3.05) is 0 Å². The normalized spacial score (nSPS) is 27.0. The van der Waals surface area contributed by atoms with Crippen LogP contribution in [-0.4, -0.2) is 12.1 Å². The Morgan fingerprint density at radius 3 is 3.00 bits per heavy atom. The zero-order valence-corrected chi connectivity index (χ0v) is 10.4. The Balaban J connectivity index is 1.80. The summed E-state index contributed by atoms with van der Waals surface area (Å²) in [6.45, 7) is 0.968. The van der Waals surface area contributed by atoms with E-state index in [0.717, 1.165) is 13.0 Å². The van der Waals surface area contributed by atoms with Gasteiger partial charge >= 0.3 is 0 Å². The van der Waals surface area contributed by atoms with Gasteiger partial charge in [0, 0.05) is 28.0 Å². The van der Waals surface area contributed by atoms with E-state index in [4.69, 9.17) is 5.73 Å². The first kappa shape index (κ1) is 10.6. The summed E-state index contributed by atoms with van der Waals surface area (Å²) in [7, 11) is 0. The molecule has 4 heteroatoms. The van der Waals surface area contributed by atoms with Crippen LogP contribution < -0.4 is 11.1 Å². The molecule has 0 spiro atoms. The Morgan fingerprint density at radius 2 is 2.43 bits per heavy atom. The summed E-state index contributed by atoms with van der Waals surface area (Å²) in [5.74, 6) is 0. The highest BCUT2D eigenvalue weighted by molar-refractivity contribution is 9.10. The van der Waals surface area contributed by atoms with Crippen LogP contribution in [0.2, 0.25) is 0 Å². The molecule has 1 saturated carbocycles. The van der Waals surface area contributed by atoms with Crippen LogP contribution in [0.5, 0.6) is 0 Å². The fourth-order valence-electron chi connectivity index (χ4n) is 1.89. The fraction of sp³-hybridized carbons (Fsp3) is 0.600. The molecule has 0 radical (unpaired) electrons. The Kier molecular flexibility index (Phi) is 3.60. The van der Waals surface area contributed by atoms with Crippen molar-refractivity contribution < 1.29 is 0 Å². The van der Waals surface area contributed by atoms with Gasteiger partial charge < -0.3 is 11.1 Å². The first-order chi connectivity index (χ1) is 6.75. The monoisotopic (exact) mass is 274 g/mol. The van der Waals surface area contributed by atoms with Crippen molar-refractivity contribution in [2.45, 2.75) is 37.9 Å². The van der Waals surface area contributed by atoms with Crippen molar-refractivity contribution in [1.82, 2.24) is 5.32 Å². The van der Waals surface area contributed by atoms with Gasteiger partial charge in [0.1, 0.15) is 0 Å². The summed E-state index contributed by atoms with van der Waals surface area (Å²) in [5.41, 5.74) is 5.86. The van der Waals surface area contributed by atoms with Crippen molar-refractivity contribution >= 4 is 27.3 Å². The van der Waals surface area contributed by atoms with Crippen molar-refractivity contribution in [1.29, 1.82) is 0 Å². The second-order valence-corrected chi connectivity index (χ2v) is 5.70. The van der Waals surface area contributed by atoms with Gasteiger partial charge in [0.15, 0.2) is 0 Å². The molecule has 1 aromatic rings. The fourth-order valence-corrected chi connectivity index (χ4v) is 3.33. The van der Waals surface area contributed by atoms with E-state index in [0.29, 0.717) is 12.1 Å². The van der Waals surface area contributed by atoms with Crippen LogP contribution in [0.1, 0.15) is 24.1 Å². The van der Waals surface area contributed by atoms with E-state index < -0.39 is 0 Å². The molecular weight excluding hydrogens is 260 g/mol. The lowest BCUT2D eigenvalue weighted by Gasteiger charge is -2.11. The molecule has 0 saturated heterocycles. The average molecular weight is 275 g/mol. The summed E-state index contributed by atoms with van der Waals surface area (Å²) in [6.07, 6.45) is 3.52. The molecule has 14 heavy (non-hydrogen) atoms. The van der Waals surface area contributed by atoms with Gasteiger partial charge in [0.25, 0.3) is 0 Å². The number of hydrogen-bond donors (Lipinski definition) is 2. The molecule has 1 aliphatic rings. The molecule has 1 fully saturated rings. The maximum absolute atomic E-state index is 5.86. The number of halogens is 1. The Morgan fingerprint density at radius 1 is 1.57 bits per heavy atom. The minimum atomic E-state index is 0.416. The Bertz CT molecular complexity index is 300. The van der Waals surface area contributed by atoms with E-state index >= 15 is 0 Å². The van der Waals surface area contributed by atoms with Gasteiger partial charge in [-0.05, 0) is 46.6 Å². The van der Waals surface area contributed by atoms with Crippen molar-refractivity contribution in [2.24, 2.45) is 5.73 Å². The standard InChI is InChI=1S/C10H15BrN2S/c11-9-3-4-14-10(9)6-13-8-2-1-7(12)5-8/h3-4,7-8,13H,1-2,5-6,12H2. The lowest BCUT2D eigenvalue weighted by Crippen LogP contribution is -2.27. The summed E-state index contributed by atoms with van der Waals surface area (Å²) >= 11 is 5.33. The predicted molar refractivity (Wildman–Crippen MR) is 64.5 cm³/mol. The zero-order chi connectivity index (χ0) is 9.97. The van der Waals surface area contributed by atoms with Gasteiger partial charge in [-0.2, -0.15) is 0 Å². The third kappa shape index (κ3) is 2.57. The van der Waals surface area contributed by atoms with Gasteiger partial charge in [0.05, 0.1) is 0 Å². The van der Waals surface area contributed by atoms with Crippen LogP contribution in [0.4, 0.5) is 0 Å². The van der Waals surface area contributed by atoms with Gasteiger partial charge in [-0.3, -0.25) is 0 Å². The molecule has 2 atom stereocenters. The van der Waals surface area contributed by atoms with E-state index in [2.05, 4.69) is 32.7 Å². The summed E-state index contributed by atoms with van der Waals surface area (Å²) in [5, 5.41) is 5.67. The molecule has 0 bridgehead atoms. The highest BCUT2D eigenvalue weighted by atomic mass is 79.9. The Labute approximate surface area is 97.0 Å². The molecule has 1 aromatic heterocycles. The van der Waals surface area contributed by atoms with Crippen LogP contribution >= 0.6 is 27.3 Å². The molecule has 3 N–H and O–H groups in total. The summed E-state index contributed by atoms with van der Waals surface area (Å²) in [4.78, 5) is 1.38. The van der Waals surface area contributed by atoms with Crippen molar-refractivity contribution in [3.05, 3.63) is 20.8 Å². The molecule has 1 heterocycles. The van der Waals surface area contributed by atoms with Crippen LogP contribution in [0.25, 0.3) is 0 Å². The number of hydrogen-bond acceptors (Lipinski definition) is 3. The van der Waals surface area contributed by atoms with Gasteiger partial charge in [-0.25, -0.2) is 0 Å². The van der Waals surface area contributed by atoms with Gasteiger partial charge in [0.2, 0.25) is 0 Å². The molecule has 1 aliphatic carbocycles. The summed E-state index contributed by atoms with van der Waals surface area (Å²) in [6, 6.07) is 3.14. The van der Waals surface area contributed by atoms with Crippen molar-refractivity contribution in [3.8, 4) is 0 Å². The smallest absolute Gasteiger partial charge is 0.0327 e. The summed E-state index contributed by atoms with van der Waals surface area (Å²) < 4.78 is 1.22. The van der Waals surface area contributed by atoms with Crippen LogP contribution in [0, 0.1) is 0 Å². The van der Waals surface area contributed by atoms with E-state index in [1.807, 2.05) is 0 Å². The number of thiophene rings is 1. The van der Waals surface area contributed by atoms with Crippen LogP contribution in [0.15, 0.2) is 15.9 Å². The SMILES string of the molecule is NC1CCC(NCc2sccc2Br)C1. The molecule has 0 aromatic carbocycles. The lowest BCUT2D eigenvalue weighted by atomic mass is 10.2. The van der Waals surface area contributed by atoms with Crippen LogP contribution in [0.3, 0.4) is 0 Å². The van der Waals surface area contributed by atoms with E-state index in [-0.39, 0.29) is 0 Å². The average Bonchev–Trinajstić information content (AvgIpc) is 2.72. The lowest BCUT2D eigenvalue weighted by molar-refractivity contribution is 0.519. The zero-order valence-electron chi connectivity index (χ0n) is 8.00. The van der Waals surface area contributed by atoms with Gasteiger partial charge in [-0.15, -0.1) is 11.3 Å². The second-order valence-electron chi connectivity index (χ2n) is 3.84. The quantitative estimate of drug-likeness (QED) is 0.889. The molecule has 2 unspecified atom stereocenters. The maximum atomic E-state index is 5.86. The molecule has 2 nitrogen and oxygen atoms in total. The predicted octanol–water partition coefficient (Wildman–Crippen LogP) is 2.48. The molecular formula is C10H15BrN2S. The first-order valence-corrected chi connectivity index (χ1v) is 6.64. The van der Waals surface area contributed by atoms with E-state index in [1.165, 1.54) is 22.2 Å². The number of nitrogens with one attached hydrogen (secondary N) is 1. The van der Waals surface area contributed by atoms with Crippen molar-refractivity contribution in [3.63, 3.8) is 0 Å². The topological polar surface area (TPSA) is 38.0 Å². The van der Waals surface area contributed by atoms with Crippen LogP contribution in [-0.2, 0) is 6.54 Å². The molecule has 0 amide bonds. The number of nitrogens with two attached hydrogens (primary N) is 1. The largest absolute Gasteiger partial charge is 0.328 e. The minimum Gasteiger partial charge on any atom is -0.328 e. The minimum absolute atomic E-state index is 0.416. The second kappa shape index (κ2) is 4.75. The molecule has 2 rings (SSSR count). The van der Waals surface area contributed by atoms with Gasteiger partial charge in [-0.1, -0.05) is 0 Å². The number of rotatable bonds is 3.